The summed E-state index contributed by atoms with van der Waals surface area (Å²) >= 11 is 0. The maximum Gasteiger partial charge on any atom is 0.278 e. The Bertz CT molecular complexity index is 434. The SMILES string of the molecule is COCCCOc1cc([N+](=O)[O-])c(CO)cc1OC. The van der Waals surface area contributed by atoms with Crippen molar-refractivity contribution in [2.45, 2.75) is 13.0 Å². The first-order chi connectivity index (χ1) is 9.13. The molecule has 1 aromatic carbocycles. The molecular formula is C12H17NO6. The van der Waals surface area contributed by atoms with Crippen LogP contribution in [-0.4, -0.2) is 37.5 Å². The van der Waals surface area contributed by atoms with Crippen molar-refractivity contribution in [3.05, 3.63) is 27.8 Å². The van der Waals surface area contributed by atoms with Crippen molar-refractivity contribution in [2.24, 2.45) is 0 Å². The Morgan fingerprint density at radius 1 is 1.26 bits per heavy atom. The Hall–Kier alpha value is -1.86. The normalized spacial score (nSPS) is 10.3. The van der Waals surface area contributed by atoms with Crippen LogP contribution in [0.2, 0.25) is 0 Å². The van der Waals surface area contributed by atoms with Gasteiger partial charge in [0.05, 0.1) is 36.9 Å². The topological polar surface area (TPSA) is 91.1 Å². The molecule has 0 fully saturated rings. The molecule has 0 radical (unpaired) electrons. The summed E-state index contributed by atoms with van der Waals surface area (Å²) in [6, 6.07) is 2.67. The molecule has 0 aliphatic carbocycles. The van der Waals surface area contributed by atoms with Crippen LogP contribution < -0.4 is 9.47 Å². The fourth-order valence-electron chi connectivity index (χ4n) is 1.55. The van der Waals surface area contributed by atoms with Gasteiger partial charge in [0, 0.05) is 20.1 Å². The van der Waals surface area contributed by atoms with Gasteiger partial charge in [-0.1, -0.05) is 0 Å². The maximum absolute atomic E-state index is 10.9. The van der Waals surface area contributed by atoms with Crippen molar-refractivity contribution in [1.82, 2.24) is 0 Å². The van der Waals surface area contributed by atoms with Crippen molar-refractivity contribution in [3.63, 3.8) is 0 Å². The van der Waals surface area contributed by atoms with Crippen LogP contribution in [0.5, 0.6) is 11.5 Å². The third-order valence-corrected chi connectivity index (χ3v) is 2.48. The average Bonchev–Trinajstić information content (AvgIpc) is 2.42. The van der Waals surface area contributed by atoms with Gasteiger partial charge in [-0.25, -0.2) is 0 Å². The minimum absolute atomic E-state index is 0.186. The number of nitro groups is 1. The molecule has 106 valence electrons. The molecule has 7 heteroatoms. The van der Waals surface area contributed by atoms with Crippen LogP contribution in [0.15, 0.2) is 12.1 Å². The first-order valence-corrected chi connectivity index (χ1v) is 5.72. The molecule has 0 amide bonds. The van der Waals surface area contributed by atoms with E-state index in [0.29, 0.717) is 25.4 Å². The van der Waals surface area contributed by atoms with E-state index in [2.05, 4.69) is 0 Å². The number of aliphatic hydroxyl groups excluding tert-OH is 1. The molecule has 1 N–H and O–H groups in total. The van der Waals surface area contributed by atoms with Crippen LogP contribution >= 0.6 is 0 Å². The summed E-state index contributed by atoms with van der Waals surface area (Å²) in [5.74, 6) is 0.634. The van der Waals surface area contributed by atoms with Crippen LogP contribution in [-0.2, 0) is 11.3 Å². The Labute approximate surface area is 110 Å². The molecule has 0 spiro atoms. The zero-order chi connectivity index (χ0) is 14.3. The number of nitrogens with zero attached hydrogens (tertiary/aromatic N) is 1. The first kappa shape index (κ1) is 15.2. The predicted octanol–water partition coefficient (Wildman–Crippen LogP) is 1.51. The highest BCUT2D eigenvalue weighted by molar-refractivity contribution is 5.54. The van der Waals surface area contributed by atoms with Gasteiger partial charge in [-0.15, -0.1) is 0 Å². The number of hydrogen-bond acceptors (Lipinski definition) is 6. The van der Waals surface area contributed by atoms with Crippen molar-refractivity contribution >= 4 is 5.69 Å². The summed E-state index contributed by atoms with van der Waals surface area (Å²) < 4.78 is 15.4. The van der Waals surface area contributed by atoms with Crippen molar-refractivity contribution in [2.75, 3.05) is 27.4 Å². The van der Waals surface area contributed by atoms with Crippen LogP contribution in [0, 0.1) is 10.1 Å². The quantitative estimate of drug-likeness (QED) is 0.438. The predicted molar refractivity (Wildman–Crippen MR) is 67.6 cm³/mol. The second-order valence-electron chi connectivity index (χ2n) is 3.74. The first-order valence-electron chi connectivity index (χ1n) is 5.72. The van der Waals surface area contributed by atoms with Crippen molar-refractivity contribution < 1.29 is 24.2 Å². The van der Waals surface area contributed by atoms with Gasteiger partial charge in [0.15, 0.2) is 11.5 Å². The summed E-state index contributed by atoms with van der Waals surface area (Å²) in [5.41, 5.74) is -0.00358. The number of methoxy groups -OCH3 is 2. The van der Waals surface area contributed by atoms with E-state index in [1.54, 1.807) is 7.11 Å². The van der Waals surface area contributed by atoms with E-state index in [0.717, 1.165) is 0 Å². The highest BCUT2D eigenvalue weighted by Crippen LogP contribution is 2.34. The molecule has 0 saturated heterocycles. The van der Waals surface area contributed by atoms with Crippen molar-refractivity contribution in [1.29, 1.82) is 0 Å². The maximum atomic E-state index is 10.9. The number of nitro benzene ring substituents is 1. The van der Waals surface area contributed by atoms with E-state index in [9.17, 15) is 10.1 Å². The van der Waals surface area contributed by atoms with Gasteiger partial charge in [0.2, 0.25) is 0 Å². The summed E-state index contributed by atoms with van der Waals surface area (Å²) in [6.07, 6.45) is 0.662. The van der Waals surface area contributed by atoms with E-state index >= 15 is 0 Å². The third kappa shape index (κ3) is 4.08. The van der Waals surface area contributed by atoms with E-state index in [1.165, 1.54) is 19.2 Å². The zero-order valence-electron chi connectivity index (χ0n) is 10.9. The molecule has 0 aromatic heterocycles. The lowest BCUT2D eigenvalue weighted by Gasteiger charge is -2.12. The minimum Gasteiger partial charge on any atom is -0.493 e. The molecule has 1 rings (SSSR count). The van der Waals surface area contributed by atoms with E-state index < -0.39 is 11.5 Å². The van der Waals surface area contributed by atoms with Gasteiger partial charge < -0.3 is 19.3 Å². The van der Waals surface area contributed by atoms with Gasteiger partial charge in [0.1, 0.15) is 0 Å². The Balaban J connectivity index is 2.94. The van der Waals surface area contributed by atoms with Crippen molar-refractivity contribution in [3.8, 4) is 11.5 Å². The molecular weight excluding hydrogens is 254 g/mol. The van der Waals surface area contributed by atoms with E-state index in [4.69, 9.17) is 19.3 Å². The lowest BCUT2D eigenvalue weighted by molar-refractivity contribution is -0.385. The highest BCUT2D eigenvalue weighted by atomic mass is 16.6. The fraction of sp³-hybridized carbons (Fsp3) is 0.500. The lowest BCUT2D eigenvalue weighted by Crippen LogP contribution is -2.04. The number of aliphatic hydroxyl groups is 1. The molecule has 0 aliphatic heterocycles. The molecule has 0 unspecified atom stereocenters. The standard InChI is InChI=1S/C12H17NO6/c1-17-4-3-5-19-12-7-10(13(15)16)9(8-14)6-11(12)18-2/h6-7,14H,3-5,8H2,1-2H3. The highest BCUT2D eigenvalue weighted by Gasteiger charge is 2.19. The Morgan fingerprint density at radius 3 is 2.53 bits per heavy atom. The van der Waals surface area contributed by atoms with Crippen LogP contribution in [0.1, 0.15) is 12.0 Å². The molecule has 0 aliphatic rings. The molecule has 1 aromatic rings. The summed E-state index contributed by atoms with van der Waals surface area (Å²) in [7, 11) is 3.02. The smallest absolute Gasteiger partial charge is 0.278 e. The summed E-state index contributed by atoms with van der Waals surface area (Å²) in [4.78, 5) is 10.3. The Kier molecular flexibility index (Phi) is 6.04. The third-order valence-electron chi connectivity index (χ3n) is 2.48. The largest absolute Gasteiger partial charge is 0.493 e. The average molecular weight is 271 g/mol. The van der Waals surface area contributed by atoms with Gasteiger partial charge in [0.25, 0.3) is 5.69 Å². The summed E-state index contributed by atoms with van der Waals surface area (Å²) in [5, 5.41) is 20.0. The monoisotopic (exact) mass is 271 g/mol. The zero-order valence-corrected chi connectivity index (χ0v) is 10.9. The van der Waals surface area contributed by atoms with Crippen LogP contribution in [0.3, 0.4) is 0 Å². The molecule has 7 nitrogen and oxygen atoms in total. The van der Waals surface area contributed by atoms with Gasteiger partial charge in [-0.2, -0.15) is 0 Å². The van der Waals surface area contributed by atoms with E-state index in [-0.39, 0.29) is 17.0 Å². The minimum atomic E-state index is -0.562. The van der Waals surface area contributed by atoms with Crippen LogP contribution in [0.25, 0.3) is 0 Å². The number of hydrogen-bond donors (Lipinski definition) is 1. The molecule has 0 bridgehead atoms. The van der Waals surface area contributed by atoms with Gasteiger partial charge >= 0.3 is 0 Å². The fourth-order valence-corrected chi connectivity index (χ4v) is 1.55. The summed E-state index contributed by atoms with van der Waals surface area (Å²) in [6.45, 7) is 0.468. The molecule has 19 heavy (non-hydrogen) atoms. The lowest BCUT2D eigenvalue weighted by atomic mass is 10.1. The molecule has 0 atom stereocenters. The number of rotatable bonds is 8. The Morgan fingerprint density at radius 2 is 2.00 bits per heavy atom. The second kappa shape index (κ2) is 7.55. The van der Waals surface area contributed by atoms with Gasteiger partial charge in [-0.05, 0) is 6.07 Å². The number of ether oxygens (including phenoxy) is 3. The number of benzene rings is 1. The molecule has 0 saturated carbocycles. The second-order valence-corrected chi connectivity index (χ2v) is 3.74. The van der Waals surface area contributed by atoms with E-state index in [1.807, 2.05) is 0 Å². The molecule has 0 heterocycles. The van der Waals surface area contributed by atoms with Crippen LogP contribution in [0.4, 0.5) is 5.69 Å². The van der Waals surface area contributed by atoms with Gasteiger partial charge in [-0.3, -0.25) is 10.1 Å².